The molecule has 0 radical (unpaired) electrons. The number of hydrogen-bond donors (Lipinski definition) is 0. The topological polar surface area (TPSA) is 90.8 Å². The van der Waals surface area contributed by atoms with Crippen LogP contribution >= 0.6 is 0 Å². The lowest BCUT2D eigenvalue weighted by molar-refractivity contribution is -0.100. The zero-order chi connectivity index (χ0) is 20.8. The monoisotopic (exact) mass is 411 g/mol. The summed E-state index contributed by atoms with van der Waals surface area (Å²) < 4.78 is 22.6. The summed E-state index contributed by atoms with van der Waals surface area (Å²) in [6.07, 6.45) is 2.50. The van der Waals surface area contributed by atoms with Gasteiger partial charge in [-0.2, -0.15) is 0 Å². The van der Waals surface area contributed by atoms with Crippen LogP contribution in [-0.2, 0) is 9.47 Å². The molecule has 8 heteroatoms. The molecule has 2 fully saturated rings. The van der Waals surface area contributed by atoms with Crippen molar-refractivity contribution in [2.45, 2.75) is 52.4 Å². The van der Waals surface area contributed by atoms with Gasteiger partial charge in [0, 0.05) is 12.1 Å². The Kier molecular flexibility index (Phi) is 4.83. The molecule has 0 spiro atoms. The Labute approximate surface area is 174 Å². The summed E-state index contributed by atoms with van der Waals surface area (Å²) in [5.74, 6) is 1.46. The maximum atomic E-state index is 13.8. The molecule has 0 saturated carbocycles. The summed E-state index contributed by atoms with van der Waals surface area (Å²) in [6, 6.07) is 3.65. The summed E-state index contributed by atoms with van der Waals surface area (Å²) in [7, 11) is 0. The minimum absolute atomic E-state index is 0.0726. The van der Waals surface area contributed by atoms with Crippen LogP contribution in [-0.4, -0.2) is 53.0 Å². The first-order valence-electron chi connectivity index (χ1n) is 10.4. The van der Waals surface area contributed by atoms with Gasteiger partial charge in [0.25, 0.3) is 11.6 Å². The van der Waals surface area contributed by atoms with E-state index in [0.29, 0.717) is 47.8 Å². The van der Waals surface area contributed by atoms with Gasteiger partial charge in [0.2, 0.25) is 0 Å². The van der Waals surface area contributed by atoms with E-state index in [4.69, 9.17) is 18.4 Å². The summed E-state index contributed by atoms with van der Waals surface area (Å²) in [6.45, 7) is 7.40. The molecule has 5 rings (SSSR count). The molecule has 5 heterocycles. The van der Waals surface area contributed by atoms with Crippen LogP contribution in [0.4, 0.5) is 0 Å². The number of piperidine rings is 1. The van der Waals surface area contributed by atoms with Crippen LogP contribution in [0.3, 0.4) is 0 Å². The molecule has 1 atom stereocenters. The third-order valence-electron chi connectivity index (χ3n) is 5.94. The number of ether oxygens (including phenoxy) is 2. The molecule has 2 aliphatic heterocycles. The van der Waals surface area contributed by atoms with Crippen LogP contribution in [0.1, 0.15) is 46.8 Å². The van der Waals surface area contributed by atoms with Crippen LogP contribution in [0.15, 0.2) is 21.1 Å². The van der Waals surface area contributed by atoms with Crippen molar-refractivity contribution in [3.63, 3.8) is 0 Å². The van der Waals surface area contributed by atoms with Gasteiger partial charge in [-0.1, -0.05) is 5.16 Å². The van der Waals surface area contributed by atoms with E-state index in [1.165, 1.54) is 0 Å². The number of pyridine rings is 1. The number of hydrogen-bond acceptors (Lipinski definition) is 7. The molecule has 3 aromatic heterocycles. The van der Waals surface area contributed by atoms with E-state index < -0.39 is 0 Å². The SMILES string of the molecule is Cc1cc(-c2cc(C(=O)N3CCCCC3C3OCCO3)c3c(C)noc3n2)c(C)o1. The molecule has 2 saturated heterocycles. The van der Waals surface area contributed by atoms with Gasteiger partial charge in [0.05, 0.1) is 41.6 Å². The van der Waals surface area contributed by atoms with Crippen molar-refractivity contribution in [2.24, 2.45) is 0 Å². The van der Waals surface area contributed by atoms with Gasteiger partial charge < -0.3 is 23.3 Å². The van der Waals surface area contributed by atoms with Crippen molar-refractivity contribution in [2.75, 3.05) is 19.8 Å². The van der Waals surface area contributed by atoms with Crippen molar-refractivity contribution in [3.05, 3.63) is 34.9 Å². The van der Waals surface area contributed by atoms with E-state index in [1.54, 1.807) is 0 Å². The number of furan rings is 1. The molecule has 0 aliphatic carbocycles. The maximum absolute atomic E-state index is 13.8. The Morgan fingerprint density at radius 2 is 1.93 bits per heavy atom. The molecule has 0 bridgehead atoms. The molecule has 1 amide bonds. The lowest BCUT2D eigenvalue weighted by atomic mass is 9.98. The average molecular weight is 411 g/mol. The number of rotatable bonds is 3. The fourth-order valence-electron chi connectivity index (χ4n) is 4.53. The van der Waals surface area contributed by atoms with E-state index in [2.05, 4.69) is 10.1 Å². The first-order chi connectivity index (χ1) is 14.5. The van der Waals surface area contributed by atoms with Crippen LogP contribution in [0, 0.1) is 20.8 Å². The first kappa shape index (κ1) is 19.3. The number of aryl methyl sites for hydroxylation is 3. The number of likely N-dealkylation sites (tertiary alicyclic amines) is 1. The van der Waals surface area contributed by atoms with Gasteiger partial charge in [-0.05, 0) is 52.2 Å². The zero-order valence-electron chi connectivity index (χ0n) is 17.4. The molecule has 2 aliphatic rings. The first-order valence-corrected chi connectivity index (χ1v) is 10.4. The van der Waals surface area contributed by atoms with Crippen LogP contribution in [0.5, 0.6) is 0 Å². The summed E-state index contributed by atoms with van der Waals surface area (Å²) >= 11 is 0. The lowest BCUT2D eigenvalue weighted by Crippen LogP contribution is -2.50. The average Bonchev–Trinajstić information content (AvgIpc) is 3.48. The Morgan fingerprint density at radius 3 is 2.67 bits per heavy atom. The van der Waals surface area contributed by atoms with Crippen LogP contribution < -0.4 is 0 Å². The summed E-state index contributed by atoms with van der Waals surface area (Å²) in [5.41, 5.74) is 3.02. The molecule has 8 nitrogen and oxygen atoms in total. The highest BCUT2D eigenvalue weighted by Gasteiger charge is 2.37. The van der Waals surface area contributed by atoms with Crippen molar-refractivity contribution in [3.8, 4) is 11.3 Å². The highest BCUT2D eigenvalue weighted by Crippen LogP contribution is 2.33. The normalized spacial score (nSPS) is 20.4. The van der Waals surface area contributed by atoms with Crippen molar-refractivity contribution in [1.82, 2.24) is 15.0 Å². The van der Waals surface area contributed by atoms with Crippen molar-refractivity contribution >= 4 is 17.0 Å². The number of carbonyl (C=O) groups is 1. The second-order valence-electron chi connectivity index (χ2n) is 8.00. The molecule has 158 valence electrons. The number of aromatic nitrogens is 2. The molecule has 1 unspecified atom stereocenters. The van der Waals surface area contributed by atoms with Crippen molar-refractivity contribution in [1.29, 1.82) is 0 Å². The third-order valence-corrected chi connectivity index (χ3v) is 5.94. The Balaban J connectivity index is 1.60. The predicted molar refractivity (Wildman–Crippen MR) is 108 cm³/mol. The Bertz CT molecular complexity index is 1100. The summed E-state index contributed by atoms with van der Waals surface area (Å²) in [4.78, 5) is 20.3. The van der Waals surface area contributed by atoms with E-state index in [9.17, 15) is 4.79 Å². The smallest absolute Gasteiger partial charge is 0.259 e. The number of amides is 1. The second-order valence-corrected chi connectivity index (χ2v) is 8.00. The molecular formula is C22H25N3O5. The van der Waals surface area contributed by atoms with E-state index >= 15 is 0 Å². The standard InChI is InChI=1S/C22H25N3O5/c1-12-10-15(14(3)29-12)17-11-16(19-13(2)24-30-20(19)23-17)21(26)25-7-5-4-6-18(25)22-27-8-9-28-22/h10-11,18,22H,4-9H2,1-3H3. The van der Waals surface area contributed by atoms with Gasteiger partial charge in [-0.15, -0.1) is 0 Å². The number of carbonyl (C=O) groups excluding carboxylic acids is 1. The Hall–Kier alpha value is -2.71. The van der Waals surface area contributed by atoms with Crippen LogP contribution in [0.25, 0.3) is 22.4 Å². The minimum Gasteiger partial charge on any atom is -0.466 e. The lowest BCUT2D eigenvalue weighted by Gasteiger charge is -2.38. The van der Waals surface area contributed by atoms with Gasteiger partial charge in [0.1, 0.15) is 11.5 Å². The van der Waals surface area contributed by atoms with Gasteiger partial charge in [-0.3, -0.25) is 4.79 Å². The fourth-order valence-corrected chi connectivity index (χ4v) is 4.53. The van der Waals surface area contributed by atoms with Crippen molar-refractivity contribution < 1.29 is 23.2 Å². The largest absolute Gasteiger partial charge is 0.466 e. The van der Waals surface area contributed by atoms with Crippen LogP contribution in [0.2, 0.25) is 0 Å². The summed E-state index contributed by atoms with van der Waals surface area (Å²) in [5, 5.41) is 4.71. The van der Waals surface area contributed by atoms with Gasteiger partial charge in [0.15, 0.2) is 6.29 Å². The molecule has 3 aromatic rings. The van der Waals surface area contributed by atoms with E-state index in [-0.39, 0.29) is 18.2 Å². The minimum atomic E-state index is -0.367. The zero-order valence-corrected chi connectivity index (χ0v) is 17.4. The fraction of sp³-hybridized carbons (Fsp3) is 0.500. The highest BCUT2D eigenvalue weighted by atomic mass is 16.7. The van der Waals surface area contributed by atoms with E-state index in [0.717, 1.165) is 36.3 Å². The Morgan fingerprint density at radius 1 is 1.13 bits per heavy atom. The van der Waals surface area contributed by atoms with E-state index in [1.807, 2.05) is 37.8 Å². The highest BCUT2D eigenvalue weighted by molar-refractivity contribution is 6.07. The third kappa shape index (κ3) is 3.20. The molecular weight excluding hydrogens is 386 g/mol. The second kappa shape index (κ2) is 7.52. The van der Waals surface area contributed by atoms with Gasteiger partial charge in [-0.25, -0.2) is 4.98 Å². The molecule has 30 heavy (non-hydrogen) atoms. The maximum Gasteiger partial charge on any atom is 0.259 e. The predicted octanol–water partition coefficient (Wildman–Crippen LogP) is 3.78. The quantitative estimate of drug-likeness (QED) is 0.648. The molecule has 0 N–H and O–H groups in total. The van der Waals surface area contributed by atoms with Gasteiger partial charge >= 0.3 is 0 Å². The molecule has 0 aromatic carbocycles. The number of fused-ring (bicyclic) bond motifs is 1. The number of nitrogens with zero attached hydrogens (tertiary/aromatic N) is 3.